The van der Waals surface area contributed by atoms with Crippen LogP contribution in [-0.2, 0) is 9.63 Å². The summed E-state index contributed by atoms with van der Waals surface area (Å²) in [5, 5.41) is 6.50. The summed E-state index contributed by atoms with van der Waals surface area (Å²) >= 11 is 0. The first-order valence-electron chi connectivity index (χ1n) is 7.98. The van der Waals surface area contributed by atoms with E-state index in [2.05, 4.69) is 24.3 Å². The van der Waals surface area contributed by atoms with Crippen molar-refractivity contribution in [2.75, 3.05) is 18.5 Å². The molecule has 23 heavy (non-hydrogen) atoms. The number of benzene rings is 1. The van der Waals surface area contributed by atoms with E-state index in [0.29, 0.717) is 36.2 Å². The maximum Gasteiger partial charge on any atom is 0.265 e. The molecule has 0 aromatic heterocycles. The number of anilines is 1. The van der Waals surface area contributed by atoms with E-state index < -0.39 is 0 Å². The van der Waals surface area contributed by atoms with Crippen LogP contribution in [0.2, 0.25) is 0 Å². The number of carbonyl (C=O) groups excluding carboxylic acids is 1. The van der Waals surface area contributed by atoms with Crippen LogP contribution in [0, 0.1) is 5.92 Å². The van der Waals surface area contributed by atoms with Crippen LogP contribution in [0.5, 0.6) is 5.75 Å². The fourth-order valence-electron chi connectivity index (χ4n) is 1.75. The van der Waals surface area contributed by atoms with Crippen molar-refractivity contribution in [1.82, 2.24) is 0 Å². The third kappa shape index (κ3) is 8.09. The zero-order chi connectivity index (χ0) is 17.1. The van der Waals surface area contributed by atoms with E-state index in [1.165, 1.54) is 0 Å². The lowest BCUT2D eigenvalue weighted by molar-refractivity contribution is -0.120. The number of para-hydroxylation sites is 2. The van der Waals surface area contributed by atoms with Gasteiger partial charge in [-0.05, 0) is 30.9 Å². The van der Waals surface area contributed by atoms with Gasteiger partial charge < -0.3 is 20.6 Å². The zero-order valence-electron chi connectivity index (χ0n) is 14.2. The van der Waals surface area contributed by atoms with Gasteiger partial charge in [0.2, 0.25) is 0 Å². The summed E-state index contributed by atoms with van der Waals surface area (Å²) in [5.74, 6) is 1.28. The van der Waals surface area contributed by atoms with Crippen LogP contribution in [0.15, 0.2) is 29.4 Å². The van der Waals surface area contributed by atoms with Crippen molar-refractivity contribution in [2.24, 2.45) is 16.8 Å². The van der Waals surface area contributed by atoms with Crippen molar-refractivity contribution in [3.05, 3.63) is 24.3 Å². The Hall–Kier alpha value is -2.24. The minimum atomic E-state index is -0.307. The van der Waals surface area contributed by atoms with Gasteiger partial charge in [0.1, 0.15) is 11.6 Å². The molecule has 0 saturated heterocycles. The predicted octanol–water partition coefficient (Wildman–Crippen LogP) is 3.14. The third-order valence-electron chi connectivity index (χ3n) is 2.98. The highest BCUT2D eigenvalue weighted by Gasteiger charge is 2.08. The minimum Gasteiger partial charge on any atom is -0.491 e. The largest absolute Gasteiger partial charge is 0.491 e. The smallest absolute Gasteiger partial charge is 0.265 e. The summed E-state index contributed by atoms with van der Waals surface area (Å²) in [4.78, 5) is 16.9. The van der Waals surface area contributed by atoms with Gasteiger partial charge in [0.05, 0.1) is 12.3 Å². The lowest BCUT2D eigenvalue weighted by Crippen LogP contribution is -2.19. The minimum absolute atomic E-state index is 0.190. The number of amides is 1. The second-order valence-electron chi connectivity index (χ2n) is 5.68. The molecule has 1 aromatic rings. The molecule has 0 radical (unpaired) electrons. The Labute approximate surface area is 138 Å². The number of nitrogens with two attached hydrogens (primary N) is 1. The van der Waals surface area contributed by atoms with Gasteiger partial charge in [-0.25, -0.2) is 0 Å². The number of nitrogens with one attached hydrogen (secondary N) is 1. The van der Waals surface area contributed by atoms with Gasteiger partial charge in [0, 0.05) is 6.42 Å². The van der Waals surface area contributed by atoms with Gasteiger partial charge in [-0.3, -0.25) is 4.79 Å². The first kappa shape index (κ1) is 18.8. The Morgan fingerprint density at radius 2 is 2.09 bits per heavy atom. The molecule has 0 saturated carbocycles. The monoisotopic (exact) mass is 321 g/mol. The molecular weight excluding hydrogens is 294 g/mol. The van der Waals surface area contributed by atoms with E-state index in [1.807, 2.05) is 25.1 Å². The molecule has 1 amide bonds. The highest BCUT2D eigenvalue weighted by atomic mass is 16.6. The Kier molecular flexibility index (Phi) is 8.57. The lowest BCUT2D eigenvalue weighted by atomic mass is 10.1. The average Bonchev–Trinajstić information content (AvgIpc) is 2.52. The van der Waals surface area contributed by atoms with Gasteiger partial charge in [0.15, 0.2) is 6.61 Å². The number of ether oxygens (including phenoxy) is 1. The van der Waals surface area contributed by atoms with E-state index >= 15 is 0 Å². The molecule has 0 spiro atoms. The van der Waals surface area contributed by atoms with Gasteiger partial charge in [-0.1, -0.05) is 38.1 Å². The summed E-state index contributed by atoms with van der Waals surface area (Å²) < 4.78 is 5.58. The average molecular weight is 321 g/mol. The molecule has 0 heterocycles. The van der Waals surface area contributed by atoms with Crippen LogP contribution in [0.4, 0.5) is 5.69 Å². The second kappa shape index (κ2) is 10.5. The third-order valence-corrected chi connectivity index (χ3v) is 2.98. The lowest BCUT2D eigenvalue weighted by Gasteiger charge is -2.11. The quantitative estimate of drug-likeness (QED) is 0.394. The number of hydrogen-bond donors (Lipinski definition) is 2. The van der Waals surface area contributed by atoms with Crippen molar-refractivity contribution in [3.8, 4) is 5.75 Å². The first-order valence-corrected chi connectivity index (χ1v) is 7.98. The van der Waals surface area contributed by atoms with E-state index in [1.54, 1.807) is 6.07 Å². The summed E-state index contributed by atoms with van der Waals surface area (Å²) in [5.41, 5.74) is 6.33. The Bertz CT molecular complexity index is 516. The van der Waals surface area contributed by atoms with Gasteiger partial charge in [-0.15, -0.1) is 0 Å². The van der Waals surface area contributed by atoms with Gasteiger partial charge in [-0.2, -0.15) is 0 Å². The molecule has 128 valence electrons. The van der Waals surface area contributed by atoms with E-state index in [9.17, 15) is 4.79 Å². The molecule has 1 aromatic carbocycles. The van der Waals surface area contributed by atoms with E-state index in [-0.39, 0.29) is 12.5 Å². The van der Waals surface area contributed by atoms with Gasteiger partial charge >= 0.3 is 0 Å². The SMILES string of the molecule is CCCOc1ccccc1NC(=O)CO/N=C(\N)CCC(C)C. The normalized spacial score (nSPS) is 11.4. The first-order chi connectivity index (χ1) is 11.0. The fourth-order valence-corrected chi connectivity index (χ4v) is 1.75. The van der Waals surface area contributed by atoms with Gasteiger partial charge in [0.25, 0.3) is 5.91 Å². The Balaban J connectivity index is 2.43. The summed E-state index contributed by atoms with van der Waals surface area (Å²) in [6.07, 6.45) is 2.50. The van der Waals surface area contributed by atoms with Crippen LogP contribution >= 0.6 is 0 Å². The maximum absolute atomic E-state index is 11.9. The number of oxime groups is 1. The van der Waals surface area contributed by atoms with Crippen molar-refractivity contribution in [3.63, 3.8) is 0 Å². The number of carbonyl (C=O) groups is 1. The molecule has 6 nitrogen and oxygen atoms in total. The molecule has 0 unspecified atom stereocenters. The van der Waals surface area contributed by atoms with Crippen LogP contribution in [0.3, 0.4) is 0 Å². The van der Waals surface area contributed by atoms with Crippen LogP contribution in [-0.4, -0.2) is 25.0 Å². The molecular formula is C17H27N3O3. The topological polar surface area (TPSA) is 85.9 Å². The van der Waals surface area contributed by atoms with Crippen molar-refractivity contribution in [2.45, 2.75) is 40.0 Å². The molecule has 0 aliphatic rings. The summed E-state index contributed by atoms with van der Waals surface area (Å²) in [7, 11) is 0. The second-order valence-corrected chi connectivity index (χ2v) is 5.68. The molecule has 0 bridgehead atoms. The molecule has 0 aliphatic carbocycles. The van der Waals surface area contributed by atoms with E-state index in [4.69, 9.17) is 15.3 Å². The number of amidine groups is 1. The summed E-state index contributed by atoms with van der Waals surface area (Å²) in [6.45, 7) is 6.65. The molecule has 0 fully saturated rings. The van der Waals surface area contributed by atoms with Crippen LogP contribution in [0.1, 0.15) is 40.0 Å². The van der Waals surface area contributed by atoms with Crippen molar-refractivity contribution >= 4 is 17.4 Å². The molecule has 0 aliphatic heterocycles. The fraction of sp³-hybridized carbons (Fsp3) is 0.529. The van der Waals surface area contributed by atoms with Crippen molar-refractivity contribution < 1.29 is 14.4 Å². The molecule has 6 heteroatoms. The zero-order valence-corrected chi connectivity index (χ0v) is 14.2. The number of rotatable bonds is 10. The highest BCUT2D eigenvalue weighted by molar-refractivity contribution is 5.93. The van der Waals surface area contributed by atoms with Crippen LogP contribution in [0.25, 0.3) is 0 Å². The predicted molar refractivity (Wildman–Crippen MR) is 92.5 cm³/mol. The van der Waals surface area contributed by atoms with Crippen molar-refractivity contribution in [1.29, 1.82) is 0 Å². The van der Waals surface area contributed by atoms with Crippen LogP contribution < -0.4 is 15.8 Å². The standard InChI is InChI=1S/C17H27N3O3/c1-4-11-22-15-8-6-5-7-14(15)19-17(21)12-23-20-16(18)10-9-13(2)3/h5-8,13H,4,9-12H2,1-3H3,(H2,18,20)(H,19,21). The highest BCUT2D eigenvalue weighted by Crippen LogP contribution is 2.23. The number of nitrogens with zero attached hydrogens (tertiary/aromatic N) is 1. The molecule has 3 N–H and O–H groups in total. The number of hydrogen-bond acceptors (Lipinski definition) is 4. The molecule has 1 rings (SSSR count). The Morgan fingerprint density at radius 1 is 1.35 bits per heavy atom. The summed E-state index contributed by atoms with van der Waals surface area (Å²) in [6, 6.07) is 7.28. The van der Waals surface area contributed by atoms with E-state index in [0.717, 1.165) is 12.8 Å². The Morgan fingerprint density at radius 3 is 2.78 bits per heavy atom. The maximum atomic E-state index is 11.9. The molecule has 0 atom stereocenters.